The third-order valence-electron chi connectivity index (χ3n) is 18.3. The second-order valence-electron chi connectivity index (χ2n) is 26.2. The SMILES string of the molecule is C[C@H]1[C@H](CC(=O)OC(=O)c2c(Cl)cc(Cl)cc2Cl)O[C@H](C[C@H](OC(=O)C[C@@H]2O[C@H](C[C@H](O)[C@@H]3C[C@H]3C)C[C@H](O[Si](c3ccccc3)(c3ccccc3)C(C)(C)C)[C@H]2C)[C@@H]2C[C@H]2C)C[C@@H]1O[Si](c1ccccc1)(c1ccccc1)C(C)(C)C. The van der Waals surface area contributed by atoms with E-state index in [1.807, 2.05) is 31.2 Å². The fraction of sp³-hybridized carbons (Fsp3) is 0.507. The third kappa shape index (κ3) is 13.7. The van der Waals surface area contributed by atoms with Crippen LogP contribution < -0.4 is 20.7 Å². The molecule has 0 spiro atoms. The molecule has 2 aliphatic carbocycles. The zero-order chi connectivity index (χ0) is 58.9. The number of benzene rings is 5. The number of halogens is 3. The highest BCUT2D eigenvalue weighted by atomic mass is 35.5. The zero-order valence-corrected chi connectivity index (χ0v) is 53.5. The molecule has 9 rings (SSSR count). The lowest BCUT2D eigenvalue weighted by Gasteiger charge is -2.49. The van der Waals surface area contributed by atoms with Crippen molar-refractivity contribution in [3.05, 3.63) is 154 Å². The molecule has 82 heavy (non-hydrogen) atoms. The molecular weight excluding hydrogens is 1130 g/mol. The first-order valence-electron chi connectivity index (χ1n) is 29.6. The second kappa shape index (κ2) is 25.8. The van der Waals surface area contributed by atoms with E-state index in [1.54, 1.807) is 0 Å². The molecule has 5 aromatic rings. The molecule has 0 radical (unpaired) electrons. The molecule has 2 aliphatic heterocycles. The summed E-state index contributed by atoms with van der Waals surface area (Å²) in [7, 11) is -6.21. The molecule has 440 valence electrons. The van der Waals surface area contributed by atoms with E-state index in [4.69, 9.17) is 62.6 Å². The van der Waals surface area contributed by atoms with Gasteiger partial charge in [-0.25, -0.2) is 4.79 Å². The van der Waals surface area contributed by atoms with Gasteiger partial charge in [-0.2, -0.15) is 0 Å². The van der Waals surface area contributed by atoms with Gasteiger partial charge in [0.25, 0.3) is 16.6 Å². The van der Waals surface area contributed by atoms with Crippen LogP contribution in [-0.2, 0) is 37.4 Å². The fourth-order valence-corrected chi connectivity index (χ4v) is 24.0. The predicted octanol–water partition coefficient (Wildman–Crippen LogP) is 13.0. The maximum atomic E-state index is 14.9. The summed E-state index contributed by atoms with van der Waals surface area (Å²) in [4.78, 5) is 42.5. The number of carbonyl (C=O) groups excluding carboxylic acids is 3. The molecule has 1 N–H and O–H groups in total. The number of ether oxygens (including phenoxy) is 4. The van der Waals surface area contributed by atoms with Crippen molar-refractivity contribution >= 4 is 90.1 Å². The normalized spacial score (nSPS) is 27.4. The molecule has 4 fully saturated rings. The minimum absolute atomic E-state index is 0.00189. The highest BCUT2D eigenvalue weighted by molar-refractivity contribution is 7.00. The largest absolute Gasteiger partial charge is 0.462 e. The van der Waals surface area contributed by atoms with Gasteiger partial charge in [0.2, 0.25) is 0 Å². The average Bonchev–Trinajstić information content (AvgIpc) is 4.08. The molecular formula is C67H83Cl3O10Si2. The number of hydrogen-bond donors (Lipinski definition) is 1. The highest BCUT2D eigenvalue weighted by Crippen LogP contribution is 2.48. The van der Waals surface area contributed by atoms with Gasteiger partial charge < -0.3 is 32.9 Å². The van der Waals surface area contributed by atoms with E-state index in [0.29, 0.717) is 37.5 Å². The lowest BCUT2D eigenvalue weighted by atomic mass is 9.86. The van der Waals surface area contributed by atoms with Crippen molar-refractivity contribution in [3.8, 4) is 0 Å². The lowest BCUT2D eigenvalue weighted by molar-refractivity contribution is -0.174. The van der Waals surface area contributed by atoms with Gasteiger partial charge in [0, 0.05) is 23.3 Å². The quantitative estimate of drug-likeness (QED) is 0.0457. The third-order valence-corrected chi connectivity index (χ3v) is 29.2. The van der Waals surface area contributed by atoms with Crippen molar-refractivity contribution in [3.63, 3.8) is 0 Å². The molecule has 2 saturated carbocycles. The molecule has 15 heteroatoms. The Morgan fingerprint density at radius 3 is 1.29 bits per heavy atom. The Kier molecular flexibility index (Phi) is 19.6. The number of aliphatic hydroxyl groups is 1. The van der Waals surface area contributed by atoms with Gasteiger partial charge >= 0.3 is 17.9 Å². The Hall–Kier alpha value is -4.19. The van der Waals surface area contributed by atoms with Crippen LogP contribution >= 0.6 is 34.8 Å². The molecule has 10 nitrogen and oxygen atoms in total. The van der Waals surface area contributed by atoms with Crippen molar-refractivity contribution in [2.45, 2.75) is 180 Å². The smallest absolute Gasteiger partial charge is 0.348 e. The topological polar surface area (TPSA) is 127 Å². The Morgan fingerprint density at radius 2 is 0.927 bits per heavy atom. The monoisotopic (exact) mass is 1210 g/mol. The first-order valence-corrected chi connectivity index (χ1v) is 34.5. The molecule has 0 aromatic heterocycles. The Morgan fingerprint density at radius 1 is 0.561 bits per heavy atom. The number of esters is 3. The van der Waals surface area contributed by atoms with Crippen molar-refractivity contribution in [1.82, 2.24) is 0 Å². The summed E-state index contributed by atoms with van der Waals surface area (Å²) in [6, 6.07) is 44.8. The number of rotatable bonds is 20. The number of hydrogen-bond acceptors (Lipinski definition) is 10. The summed E-state index contributed by atoms with van der Waals surface area (Å²) < 4.78 is 41.9. The molecule has 5 aromatic carbocycles. The van der Waals surface area contributed by atoms with Crippen molar-refractivity contribution in [2.24, 2.45) is 35.5 Å². The first kappa shape index (κ1) is 62.3. The molecule has 0 amide bonds. The van der Waals surface area contributed by atoms with Gasteiger partial charge in [-0.05, 0) is 98.7 Å². The average molecular weight is 1210 g/mol. The summed E-state index contributed by atoms with van der Waals surface area (Å²) in [5.41, 5.74) is -0.163. The van der Waals surface area contributed by atoms with E-state index >= 15 is 0 Å². The van der Waals surface area contributed by atoms with Crippen LogP contribution in [0.4, 0.5) is 0 Å². The van der Waals surface area contributed by atoms with Crippen LogP contribution in [0, 0.1) is 35.5 Å². The Bertz CT molecular complexity index is 2870. The summed E-state index contributed by atoms with van der Waals surface area (Å²) >= 11 is 19.0. The first-order chi connectivity index (χ1) is 38.9. The lowest BCUT2D eigenvalue weighted by Crippen LogP contribution is -2.69. The van der Waals surface area contributed by atoms with Gasteiger partial charge in [0.1, 0.15) is 6.10 Å². The van der Waals surface area contributed by atoms with Crippen LogP contribution in [0.5, 0.6) is 0 Å². The maximum absolute atomic E-state index is 14.9. The van der Waals surface area contributed by atoms with E-state index in [1.165, 1.54) is 22.5 Å². The van der Waals surface area contributed by atoms with E-state index in [0.717, 1.165) is 23.2 Å². The summed E-state index contributed by atoms with van der Waals surface area (Å²) in [5.74, 6) is -1.68. The Balaban J connectivity index is 1.00. The van der Waals surface area contributed by atoms with Crippen LogP contribution in [-0.4, -0.2) is 88.5 Å². The zero-order valence-electron chi connectivity index (χ0n) is 49.2. The van der Waals surface area contributed by atoms with Crippen molar-refractivity contribution in [2.75, 3.05) is 0 Å². The minimum atomic E-state index is -3.17. The van der Waals surface area contributed by atoms with Crippen molar-refractivity contribution < 1.29 is 47.3 Å². The van der Waals surface area contributed by atoms with Crippen LogP contribution in [0.25, 0.3) is 0 Å². The molecule has 0 unspecified atom stereocenters. The summed E-state index contributed by atoms with van der Waals surface area (Å²) in [6.07, 6.45) is -0.545. The number of carbonyl (C=O) groups is 3. The standard InChI is InChI=1S/C67H83Cl3O10Si2/c1-41-31-52(41)56(71)35-46-36-59(79-81(66(5,6)7,48-23-15-11-16-24-48)49-25-17-12-18-26-49)43(3)57(75-46)39-62(72)77-61(53-32-42(53)2)38-47-37-60(80-82(67(8,9)10,50-27-19-13-20-28-50)51-29-21-14-22-30-51)44(4)58(76-47)40-63(73)78-65(74)64-54(69)33-45(68)34-55(64)70/h11-30,33-34,41-44,46-47,52-53,56-61,71H,31-32,35-40H2,1-10H3/t41-,42-,43+,44+,46-,47+,52-,53-,56+,57+,58+,59+,60+,61+/m1/s1. The van der Waals surface area contributed by atoms with E-state index < -0.39 is 65.2 Å². The van der Waals surface area contributed by atoms with Crippen LogP contribution in [0.3, 0.4) is 0 Å². The van der Waals surface area contributed by atoms with Crippen LogP contribution in [0.2, 0.25) is 25.1 Å². The molecule has 0 bridgehead atoms. The van der Waals surface area contributed by atoms with E-state index in [2.05, 4.69) is 159 Å². The van der Waals surface area contributed by atoms with Crippen molar-refractivity contribution in [1.29, 1.82) is 0 Å². The summed E-state index contributed by atoms with van der Waals surface area (Å²) in [6.45, 7) is 22.0. The molecule has 2 saturated heterocycles. The number of aliphatic hydroxyl groups excluding tert-OH is 1. The maximum Gasteiger partial charge on any atom is 0.348 e. The van der Waals surface area contributed by atoms with Gasteiger partial charge in [0.05, 0.1) is 71.2 Å². The predicted molar refractivity (Wildman–Crippen MR) is 331 cm³/mol. The molecule has 2 heterocycles. The Labute approximate surface area is 503 Å². The van der Waals surface area contributed by atoms with Gasteiger partial charge in [-0.1, -0.05) is 225 Å². The minimum Gasteiger partial charge on any atom is -0.462 e. The second-order valence-corrected chi connectivity index (χ2v) is 35.9. The summed E-state index contributed by atoms with van der Waals surface area (Å²) in [5, 5.41) is 15.6. The van der Waals surface area contributed by atoms with Gasteiger partial charge in [-0.3, -0.25) is 9.59 Å². The van der Waals surface area contributed by atoms with Gasteiger partial charge in [-0.15, -0.1) is 0 Å². The van der Waals surface area contributed by atoms with E-state index in [-0.39, 0.29) is 85.4 Å². The van der Waals surface area contributed by atoms with Crippen LogP contribution in [0.1, 0.15) is 131 Å². The van der Waals surface area contributed by atoms with E-state index in [9.17, 15) is 19.5 Å². The fourth-order valence-electron chi connectivity index (χ4n) is 13.4. The molecule has 14 atom stereocenters. The molecule has 4 aliphatic rings. The van der Waals surface area contributed by atoms with Gasteiger partial charge in [0.15, 0.2) is 0 Å². The highest BCUT2D eigenvalue weighted by Gasteiger charge is 2.56. The van der Waals surface area contributed by atoms with Crippen LogP contribution in [0.15, 0.2) is 133 Å².